The van der Waals surface area contributed by atoms with E-state index in [1.807, 2.05) is 22.9 Å². The standard InChI is InChI=1S/C26H29N3O6S/c1-34-17-26(31)29-36(32,33)23-9-5-18(6-10-23)19-7-11-25-20(13-19)4-8-22(35-25)15-28-16-24(30)21-3-2-12-27-14-21/h2-3,5-7,9-14,22,24,28,30H,4,8,15-17H2,1H3,(H,29,31)/t22-,24+/m1/s1. The number of aliphatic hydroxyl groups excluding tert-OH is 1. The summed E-state index contributed by atoms with van der Waals surface area (Å²) in [6, 6.07) is 15.9. The third-order valence-electron chi connectivity index (χ3n) is 5.89. The van der Waals surface area contributed by atoms with Crippen molar-refractivity contribution in [2.45, 2.75) is 29.9 Å². The Labute approximate surface area is 210 Å². The molecule has 0 aliphatic carbocycles. The molecule has 10 heteroatoms. The molecule has 190 valence electrons. The van der Waals surface area contributed by atoms with Crippen molar-refractivity contribution in [2.24, 2.45) is 0 Å². The van der Waals surface area contributed by atoms with Crippen molar-refractivity contribution in [3.63, 3.8) is 0 Å². The molecule has 1 amide bonds. The Morgan fingerprint density at radius 2 is 1.97 bits per heavy atom. The zero-order chi connectivity index (χ0) is 25.5. The van der Waals surface area contributed by atoms with Crippen LogP contribution in [0.25, 0.3) is 11.1 Å². The van der Waals surface area contributed by atoms with Gasteiger partial charge in [-0.3, -0.25) is 9.78 Å². The Morgan fingerprint density at radius 1 is 1.19 bits per heavy atom. The van der Waals surface area contributed by atoms with E-state index in [-0.39, 0.29) is 17.6 Å². The molecule has 36 heavy (non-hydrogen) atoms. The van der Waals surface area contributed by atoms with E-state index >= 15 is 0 Å². The lowest BCUT2D eigenvalue weighted by atomic mass is 9.97. The number of carbonyl (C=O) groups excluding carboxylic acids is 1. The quantitative estimate of drug-likeness (QED) is 0.378. The van der Waals surface area contributed by atoms with Crippen LogP contribution in [0, 0.1) is 0 Å². The first kappa shape index (κ1) is 25.8. The normalized spacial score (nSPS) is 16.0. The van der Waals surface area contributed by atoms with Gasteiger partial charge < -0.3 is 19.9 Å². The van der Waals surface area contributed by atoms with Gasteiger partial charge in [0.15, 0.2) is 0 Å². The maximum absolute atomic E-state index is 12.3. The van der Waals surface area contributed by atoms with Gasteiger partial charge in [0.2, 0.25) is 0 Å². The number of nitrogens with zero attached hydrogens (tertiary/aromatic N) is 1. The Morgan fingerprint density at radius 3 is 2.69 bits per heavy atom. The fraction of sp³-hybridized carbons (Fsp3) is 0.308. The minimum atomic E-state index is -3.95. The Balaban J connectivity index is 1.34. The number of aliphatic hydroxyl groups is 1. The SMILES string of the molecule is COCC(=O)NS(=O)(=O)c1ccc(-c2ccc3c(c2)CC[C@H](CNC[C@H](O)c2cccnc2)O3)cc1. The lowest BCUT2D eigenvalue weighted by molar-refractivity contribution is -0.122. The zero-order valence-corrected chi connectivity index (χ0v) is 20.7. The molecule has 0 saturated carbocycles. The molecule has 9 nitrogen and oxygen atoms in total. The minimum Gasteiger partial charge on any atom is -0.489 e. The van der Waals surface area contributed by atoms with Crippen LogP contribution in [0.3, 0.4) is 0 Å². The molecule has 1 aliphatic heterocycles. The lowest BCUT2D eigenvalue weighted by Crippen LogP contribution is -2.36. The van der Waals surface area contributed by atoms with Crippen LogP contribution in [0.4, 0.5) is 0 Å². The monoisotopic (exact) mass is 511 g/mol. The second-order valence-corrected chi connectivity index (χ2v) is 10.2. The number of hydrogen-bond acceptors (Lipinski definition) is 8. The number of hydrogen-bond donors (Lipinski definition) is 3. The first-order valence-corrected chi connectivity index (χ1v) is 13.1. The van der Waals surface area contributed by atoms with E-state index in [0.717, 1.165) is 40.8 Å². The van der Waals surface area contributed by atoms with Crippen molar-refractivity contribution < 1.29 is 27.8 Å². The van der Waals surface area contributed by atoms with Gasteiger partial charge in [0.1, 0.15) is 18.5 Å². The van der Waals surface area contributed by atoms with Crippen molar-refractivity contribution in [1.82, 2.24) is 15.0 Å². The maximum atomic E-state index is 12.3. The van der Waals surface area contributed by atoms with Gasteiger partial charge in [-0.05, 0) is 59.9 Å². The fourth-order valence-electron chi connectivity index (χ4n) is 4.04. The van der Waals surface area contributed by atoms with Crippen LogP contribution in [0.5, 0.6) is 5.75 Å². The largest absolute Gasteiger partial charge is 0.489 e. The Bertz CT molecular complexity index is 1280. The van der Waals surface area contributed by atoms with Crippen molar-refractivity contribution in [2.75, 3.05) is 26.8 Å². The summed E-state index contributed by atoms with van der Waals surface area (Å²) in [5.74, 6) is 0.0964. The summed E-state index contributed by atoms with van der Waals surface area (Å²) in [5.41, 5.74) is 3.66. The number of aromatic nitrogens is 1. The van der Waals surface area contributed by atoms with Crippen LogP contribution in [0.15, 0.2) is 71.9 Å². The summed E-state index contributed by atoms with van der Waals surface area (Å²) < 4.78 is 37.5. The van der Waals surface area contributed by atoms with Crippen LogP contribution in [-0.4, -0.2) is 57.3 Å². The highest BCUT2D eigenvalue weighted by atomic mass is 32.2. The van der Waals surface area contributed by atoms with Gasteiger partial charge in [0.25, 0.3) is 15.9 Å². The second-order valence-electron chi connectivity index (χ2n) is 8.55. The van der Waals surface area contributed by atoms with Gasteiger partial charge in [0.05, 0.1) is 11.0 Å². The van der Waals surface area contributed by atoms with Gasteiger partial charge in [-0.15, -0.1) is 0 Å². The van der Waals surface area contributed by atoms with E-state index in [1.54, 1.807) is 30.6 Å². The van der Waals surface area contributed by atoms with Gasteiger partial charge in [-0.25, -0.2) is 13.1 Å². The van der Waals surface area contributed by atoms with Crippen molar-refractivity contribution in [1.29, 1.82) is 0 Å². The Kier molecular flexibility index (Phi) is 8.32. The molecule has 4 rings (SSSR count). The number of nitrogens with one attached hydrogen (secondary N) is 2. The zero-order valence-electron chi connectivity index (χ0n) is 19.9. The number of carbonyl (C=O) groups is 1. The van der Waals surface area contributed by atoms with Gasteiger partial charge in [-0.2, -0.15) is 0 Å². The molecule has 3 N–H and O–H groups in total. The van der Waals surface area contributed by atoms with Crippen LogP contribution in [0.2, 0.25) is 0 Å². The molecule has 0 bridgehead atoms. The molecular formula is C26H29N3O6S. The number of aryl methyl sites for hydroxylation is 1. The summed E-state index contributed by atoms with van der Waals surface area (Å²) in [7, 11) is -2.64. The van der Waals surface area contributed by atoms with Crippen molar-refractivity contribution in [3.05, 3.63) is 78.1 Å². The van der Waals surface area contributed by atoms with E-state index in [9.17, 15) is 18.3 Å². The topological polar surface area (TPSA) is 127 Å². The van der Waals surface area contributed by atoms with E-state index in [0.29, 0.717) is 13.1 Å². The van der Waals surface area contributed by atoms with Crippen molar-refractivity contribution >= 4 is 15.9 Å². The highest BCUT2D eigenvalue weighted by Crippen LogP contribution is 2.32. The first-order chi connectivity index (χ1) is 17.4. The number of pyridine rings is 1. The number of methoxy groups -OCH3 is 1. The molecule has 0 saturated heterocycles. The average molecular weight is 512 g/mol. The fourth-order valence-corrected chi connectivity index (χ4v) is 5.01. The third kappa shape index (κ3) is 6.46. The number of fused-ring (bicyclic) bond motifs is 1. The van der Waals surface area contributed by atoms with Gasteiger partial charge in [-0.1, -0.05) is 24.3 Å². The number of benzene rings is 2. The molecule has 0 spiro atoms. The highest BCUT2D eigenvalue weighted by Gasteiger charge is 2.21. The molecule has 2 aromatic carbocycles. The molecule has 2 atom stereocenters. The van der Waals surface area contributed by atoms with E-state index in [4.69, 9.17) is 4.74 Å². The number of ether oxygens (including phenoxy) is 2. The van der Waals surface area contributed by atoms with Crippen LogP contribution < -0.4 is 14.8 Å². The second kappa shape index (κ2) is 11.6. The smallest absolute Gasteiger partial charge is 0.264 e. The van der Waals surface area contributed by atoms with E-state index in [2.05, 4.69) is 21.1 Å². The molecule has 1 aliphatic rings. The van der Waals surface area contributed by atoms with E-state index in [1.165, 1.54) is 19.2 Å². The number of amides is 1. The molecule has 0 radical (unpaired) electrons. The van der Waals surface area contributed by atoms with Crippen LogP contribution in [0.1, 0.15) is 23.7 Å². The molecule has 3 aromatic rings. The molecule has 1 aromatic heterocycles. The highest BCUT2D eigenvalue weighted by molar-refractivity contribution is 7.90. The van der Waals surface area contributed by atoms with Crippen molar-refractivity contribution in [3.8, 4) is 16.9 Å². The summed E-state index contributed by atoms with van der Waals surface area (Å²) in [6.45, 7) is 0.702. The summed E-state index contributed by atoms with van der Waals surface area (Å²) in [4.78, 5) is 15.6. The minimum absolute atomic E-state index is 0.000911. The summed E-state index contributed by atoms with van der Waals surface area (Å²) in [5, 5.41) is 13.5. The summed E-state index contributed by atoms with van der Waals surface area (Å²) >= 11 is 0. The van der Waals surface area contributed by atoms with Crippen LogP contribution >= 0.6 is 0 Å². The Hall–Kier alpha value is -3.31. The third-order valence-corrected chi connectivity index (χ3v) is 7.28. The van der Waals surface area contributed by atoms with Gasteiger partial charge >= 0.3 is 0 Å². The number of rotatable bonds is 10. The molecule has 0 unspecified atom stereocenters. The molecule has 0 fully saturated rings. The predicted molar refractivity (Wildman–Crippen MR) is 134 cm³/mol. The number of sulfonamides is 1. The predicted octanol–water partition coefficient (Wildman–Crippen LogP) is 2.22. The van der Waals surface area contributed by atoms with Gasteiger partial charge in [0, 0.05) is 38.2 Å². The van der Waals surface area contributed by atoms with E-state index < -0.39 is 22.0 Å². The lowest BCUT2D eigenvalue weighted by Gasteiger charge is -2.27. The molecule has 2 heterocycles. The first-order valence-electron chi connectivity index (χ1n) is 11.6. The maximum Gasteiger partial charge on any atom is 0.264 e. The molecular weight excluding hydrogens is 482 g/mol. The van der Waals surface area contributed by atoms with Crippen LogP contribution in [-0.2, 0) is 26.0 Å². The summed E-state index contributed by atoms with van der Waals surface area (Å²) in [6.07, 6.45) is 4.39. The average Bonchev–Trinajstić information content (AvgIpc) is 2.88.